The van der Waals surface area contributed by atoms with Gasteiger partial charge in [-0.3, -0.25) is 9.59 Å². The van der Waals surface area contributed by atoms with Gasteiger partial charge in [0.1, 0.15) is 0 Å². The van der Waals surface area contributed by atoms with Crippen LogP contribution in [0, 0.1) is 5.92 Å². The van der Waals surface area contributed by atoms with E-state index < -0.39 is 0 Å². The van der Waals surface area contributed by atoms with Gasteiger partial charge in [0.2, 0.25) is 11.8 Å². The van der Waals surface area contributed by atoms with Crippen molar-refractivity contribution >= 4 is 17.5 Å². The molecule has 0 aromatic heterocycles. The van der Waals surface area contributed by atoms with E-state index in [1.807, 2.05) is 17.0 Å². The van der Waals surface area contributed by atoms with Gasteiger partial charge in [0.05, 0.1) is 5.92 Å². The molecule has 1 aromatic carbocycles. The van der Waals surface area contributed by atoms with Crippen molar-refractivity contribution in [1.29, 1.82) is 0 Å². The molecule has 0 spiro atoms. The lowest BCUT2D eigenvalue weighted by Gasteiger charge is -2.31. The van der Waals surface area contributed by atoms with Crippen molar-refractivity contribution in [3.05, 3.63) is 29.8 Å². The van der Waals surface area contributed by atoms with Crippen LogP contribution in [0.5, 0.6) is 0 Å². The Bertz CT molecular complexity index is 590. The predicted molar refractivity (Wildman–Crippen MR) is 100 cm³/mol. The van der Waals surface area contributed by atoms with E-state index in [2.05, 4.69) is 24.4 Å². The Morgan fingerprint density at radius 2 is 1.88 bits per heavy atom. The summed E-state index contributed by atoms with van der Waals surface area (Å²) in [5.41, 5.74) is 2.13. The molecule has 1 saturated carbocycles. The van der Waals surface area contributed by atoms with Crippen molar-refractivity contribution in [2.45, 2.75) is 70.8 Å². The minimum absolute atomic E-state index is 0.0204. The van der Waals surface area contributed by atoms with Crippen molar-refractivity contribution < 1.29 is 9.59 Å². The van der Waals surface area contributed by atoms with Gasteiger partial charge in [-0.1, -0.05) is 44.7 Å². The third-order valence-corrected chi connectivity index (χ3v) is 5.59. The van der Waals surface area contributed by atoms with Gasteiger partial charge in [-0.05, 0) is 43.4 Å². The highest BCUT2D eigenvalue weighted by Gasteiger charge is 2.38. The number of aryl methyl sites for hydroxylation is 1. The number of rotatable bonds is 6. The lowest BCUT2D eigenvalue weighted by molar-refractivity contribution is -0.130. The van der Waals surface area contributed by atoms with E-state index in [1.54, 1.807) is 0 Å². The topological polar surface area (TPSA) is 49.4 Å². The lowest BCUT2D eigenvalue weighted by Crippen LogP contribution is -2.38. The summed E-state index contributed by atoms with van der Waals surface area (Å²) in [6.07, 6.45) is 9.69. The molecule has 0 bridgehead atoms. The SMILES string of the molecule is CCCCc1ccc(NC(=O)C2CC(=O)N(C3CCCCC3)C2)cc1. The summed E-state index contributed by atoms with van der Waals surface area (Å²) in [6.45, 7) is 2.78. The highest BCUT2D eigenvalue weighted by Crippen LogP contribution is 2.29. The van der Waals surface area contributed by atoms with Crippen LogP contribution in [0.15, 0.2) is 24.3 Å². The maximum Gasteiger partial charge on any atom is 0.229 e. The molecule has 4 heteroatoms. The molecule has 1 atom stereocenters. The maximum atomic E-state index is 12.6. The van der Waals surface area contributed by atoms with Crippen LogP contribution in [0.2, 0.25) is 0 Å². The van der Waals surface area contributed by atoms with Gasteiger partial charge in [-0.2, -0.15) is 0 Å². The zero-order valence-corrected chi connectivity index (χ0v) is 15.3. The largest absolute Gasteiger partial charge is 0.339 e. The second kappa shape index (κ2) is 8.50. The summed E-state index contributed by atoms with van der Waals surface area (Å²) in [4.78, 5) is 26.9. The molecule has 2 aliphatic rings. The Balaban J connectivity index is 1.53. The molecule has 25 heavy (non-hydrogen) atoms. The number of likely N-dealkylation sites (tertiary alicyclic amines) is 1. The predicted octanol–water partition coefficient (Wildman–Crippen LogP) is 4.15. The molecular formula is C21H30N2O2. The summed E-state index contributed by atoms with van der Waals surface area (Å²) in [6, 6.07) is 8.47. The number of benzene rings is 1. The van der Waals surface area contributed by atoms with Gasteiger partial charge >= 0.3 is 0 Å². The second-order valence-electron chi connectivity index (χ2n) is 7.53. The average molecular weight is 342 g/mol. The molecule has 1 heterocycles. The minimum atomic E-state index is -0.214. The molecule has 1 N–H and O–H groups in total. The normalized spacial score (nSPS) is 21.6. The Morgan fingerprint density at radius 3 is 2.56 bits per heavy atom. The number of nitrogens with zero attached hydrogens (tertiary/aromatic N) is 1. The molecule has 4 nitrogen and oxygen atoms in total. The summed E-state index contributed by atoms with van der Waals surface area (Å²) in [5.74, 6) is -0.0795. The van der Waals surface area contributed by atoms with Crippen LogP contribution in [0.1, 0.15) is 63.9 Å². The molecule has 1 aromatic rings. The van der Waals surface area contributed by atoms with Gasteiger partial charge < -0.3 is 10.2 Å². The van der Waals surface area contributed by atoms with Gasteiger partial charge in [-0.15, -0.1) is 0 Å². The molecule has 136 valence electrons. The number of carbonyl (C=O) groups excluding carboxylic acids is 2. The van der Waals surface area contributed by atoms with Gasteiger partial charge in [0.25, 0.3) is 0 Å². The Kier molecular flexibility index (Phi) is 6.11. The van der Waals surface area contributed by atoms with Crippen LogP contribution in [0.4, 0.5) is 5.69 Å². The van der Waals surface area contributed by atoms with Crippen LogP contribution in [0.25, 0.3) is 0 Å². The second-order valence-corrected chi connectivity index (χ2v) is 7.53. The number of carbonyl (C=O) groups is 2. The summed E-state index contributed by atoms with van der Waals surface area (Å²) in [5, 5.41) is 2.99. The molecular weight excluding hydrogens is 312 g/mol. The third kappa shape index (κ3) is 4.62. The standard InChI is InChI=1S/C21H30N2O2/c1-2-3-7-16-10-12-18(13-11-16)22-21(25)17-14-20(24)23(15-17)19-8-5-4-6-9-19/h10-13,17,19H,2-9,14-15H2,1H3,(H,22,25). The highest BCUT2D eigenvalue weighted by atomic mass is 16.2. The number of anilines is 1. The monoisotopic (exact) mass is 342 g/mol. The molecule has 0 radical (unpaired) electrons. The molecule has 3 rings (SSSR count). The quantitative estimate of drug-likeness (QED) is 0.844. The maximum absolute atomic E-state index is 12.6. The van der Waals surface area contributed by atoms with Crippen LogP contribution in [0.3, 0.4) is 0 Å². The van der Waals surface area contributed by atoms with Crippen LogP contribution in [-0.4, -0.2) is 29.3 Å². The van der Waals surface area contributed by atoms with Crippen LogP contribution < -0.4 is 5.32 Å². The zero-order valence-electron chi connectivity index (χ0n) is 15.3. The molecule has 1 aliphatic heterocycles. The van der Waals surface area contributed by atoms with Crippen LogP contribution in [-0.2, 0) is 16.0 Å². The van der Waals surface area contributed by atoms with E-state index in [1.165, 1.54) is 37.7 Å². The molecule has 1 unspecified atom stereocenters. The van der Waals surface area contributed by atoms with Gasteiger partial charge in [0.15, 0.2) is 0 Å². The minimum Gasteiger partial charge on any atom is -0.339 e. The first-order valence-corrected chi connectivity index (χ1v) is 9.86. The molecule has 1 aliphatic carbocycles. The third-order valence-electron chi connectivity index (χ3n) is 5.59. The van der Waals surface area contributed by atoms with Crippen molar-refractivity contribution in [2.24, 2.45) is 5.92 Å². The first-order valence-electron chi connectivity index (χ1n) is 9.86. The fourth-order valence-electron chi connectivity index (χ4n) is 4.03. The van der Waals surface area contributed by atoms with E-state index in [-0.39, 0.29) is 17.7 Å². The number of hydrogen-bond acceptors (Lipinski definition) is 2. The fourth-order valence-corrected chi connectivity index (χ4v) is 4.03. The summed E-state index contributed by atoms with van der Waals surface area (Å²) in [7, 11) is 0. The van der Waals surface area contributed by atoms with E-state index >= 15 is 0 Å². The summed E-state index contributed by atoms with van der Waals surface area (Å²) >= 11 is 0. The zero-order chi connectivity index (χ0) is 17.6. The molecule has 1 saturated heterocycles. The Morgan fingerprint density at radius 1 is 1.16 bits per heavy atom. The Labute approximate surface area is 151 Å². The smallest absolute Gasteiger partial charge is 0.229 e. The summed E-state index contributed by atoms with van der Waals surface area (Å²) < 4.78 is 0. The van der Waals surface area contributed by atoms with E-state index in [0.29, 0.717) is 19.0 Å². The van der Waals surface area contributed by atoms with Gasteiger partial charge in [0, 0.05) is 24.7 Å². The number of nitrogens with one attached hydrogen (secondary N) is 1. The number of hydrogen-bond donors (Lipinski definition) is 1. The van der Waals surface area contributed by atoms with Crippen molar-refractivity contribution in [2.75, 3.05) is 11.9 Å². The van der Waals surface area contributed by atoms with Crippen molar-refractivity contribution in [1.82, 2.24) is 4.90 Å². The number of amides is 2. The first kappa shape index (κ1) is 18.0. The van der Waals surface area contributed by atoms with Crippen molar-refractivity contribution in [3.8, 4) is 0 Å². The molecule has 2 fully saturated rings. The average Bonchev–Trinajstić information content (AvgIpc) is 3.04. The first-order chi connectivity index (χ1) is 12.2. The van der Waals surface area contributed by atoms with Crippen molar-refractivity contribution in [3.63, 3.8) is 0 Å². The van der Waals surface area contributed by atoms with E-state index in [4.69, 9.17) is 0 Å². The Hall–Kier alpha value is -1.84. The van der Waals surface area contributed by atoms with Gasteiger partial charge in [-0.25, -0.2) is 0 Å². The van der Waals surface area contributed by atoms with E-state index in [9.17, 15) is 9.59 Å². The fraction of sp³-hybridized carbons (Fsp3) is 0.619. The lowest BCUT2D eigenvalue weighted by atomic mass is 9.94. The number of unbranched alkanes of at least 4 members (excludes halogenated alkanes) is 1. The van der Waals surface area contributed by atoms with Crippen LogP contribution >= 0.6 is 0 Å². The van der Waals surface area contributed by atoms with E-state index in [0.717, 1.165) is 24.9 Å². The highest BCUT2D eigenvalue weighted by molar-refractivity contribution is 5.97. The molecule has 2 amide bonds.